The molecule has 0 radical (unpaired) electrons. The minimum absolute atomic E-state index is 0.174. The van der Waals surface area contributed by atoms with Crippen LogP contribution in [0, 0.1) is 0 Å². The predicted octanol–water partition coefficient (Wildman–Crippen LogP) is 0.226. The molecule has 7 heteroatoms. The fraction of sp³-hybridized carbons (Fsp3) is 0.500. The third-order valence-electron chi connectivity index (χ3n) is 2.00. The van der Waals surface area contributed by atoms with E-state index in [0.29, 0.717) is 10.9 Å². The Labute approximate surface area is 103 Å². The number of nitrogens with one attached hydrogen (secondary N) is 1. The topological polar surface area (TPSA) is 109 Å². The molecule has 0 bridgehead atoms. The second-order valence-corrected chi connectivity index (χ2v) is 4.56. The molecular formula is C10H15N3O3S. The number of aromatic amines is 1. The highest BCUT2D eigenvalue weighted by Gasteiger charge is 2.12. The highest BCUT2D eigenvalue weighted by atomic mass is 32.2. The van der Waals surface area contributed by atoms with Crippen molar-refractivity contribution < 1.29 is 9.90 Å². The smallest absolute Gasteiger partial charge is 0.321 e. The zero-order valence-electron chi connectivity index (χ0n) is 9.47. The van der Waals surface area contributed by atoms with E-state index in [1.807, 2.05) is 6.92 Å². The lowest BCUT2D eigenvalue weighted by Gasteiger charge is -2.06. The summed E-state index contributed by atoms with van der Waals surface area (Å²) in [5.74, 6) is -0.891. The number of H-pyrrole nitrogens is 1. The molecule has 0 spiro atoms. The first-order valence-corrected chi connectivity index (χ1v) is 6.23. The van der Waals surface area contributed by atoms with Gasteiger partial charge in [0, 0.05) is 17.5 Å². The number of rotatable bonds is 6. The molecule has 1 aromatic heterocycles. The Morgan fingerprint density at radius 2 is 2.41 bits per heavy atom. The Hall–Kier alpha value is -1.34. The van der Waals surface area contributed by atoms with Crippen molar-refractivity contribution >= 4 is 17.7 Å². The third-order valence-corrected chi connectivity index (χ3v) is 2.99. The number of hydrogen-bond donors (Lipinski definition) is 3. The average Bonchev–Trinajstić information content (AvgIpc) is 2.25. The van der Waals surface area contributed by atoms with E-state index in [-0.39, 0.29) is 11.3 Å². The standard InChI is InChI=1S/C10H15N3O3S/c1-2-3-6-4-8(14)13-10(12-6)17-5-7(11)9(15)16/h4,7H,2-3,5,11H2,1H3,(H,15,16)(H,12,13,14). The quantitative estimate of drug-likeness (QED) is 0.497. The van der Waals surface area contributed by atoms with Crippen LogP contribution in [0.5, 0.6) is 0 Å². The van der Waals surface area contributed by atoms with Crippen molar-refractivity contribution in [3.63, 3.8) is 0 Å². The minimum Gasteiger partial charge on any atom is -0.480 e. The Kier molecular flexibility index (Phi) is 5.17. The van der Waals surface area contributed by atoms with Crippen LogP contribution in [-0.2, 0) is 11.2 Å². The molecule has 4 N–H and O–H groups in total. The van der Waals surface area contributed by atoms with Crippen LogP contribution >= 0.6 is 11.8 Å². The fourth-order valence-corrected chi connectivity index (χ4v) is 2.01. The summed E-state index contributed by atoms with van der Waals surface area (Å²) in [7, 11) is 0. The summed E-state index contributed by atoms with van der Waals surface area (Å²) in [5, 5.41) is 9.04. The molecule has 0 aliphatic heterocycles. The summed E-state index contributed by atoms with van der Waals surface area (Å²) in [6.07, 6.45) is 1.62. The second-order valence-electron chi connectivity index (χ2n) is 3.55. The minimum atomic E-state index is -1.07. The number of carbonyl (C=O) groups is 1. The van der Waals surface area contributed by atoms with Gasteiger partial charge in [-0.1, -0.05) is 25.1 Å². The van der Waals surface area contributed by atoms with E-state index < -0.39 is 12.0 Å². The van der Waals surface area contributed by atoms with Crippen LogP contribution in [0.1, 0.15) is 19.0 Å². The molecule has 94 valence electrons. The maximum atomic E-state index is 11.3. The maximum absolute atomic E-state index is 11.3. The number of thioether (sulfide) groups is 1. The van der Waals surface area contributed by atoms with Gasteiger partial charge in [0.05, 0.1) is 0 Å². The molecule has 1 heterocycles. The molecule has 0 saturated heterocycles. The van der Waals surface area contributed by atoms with Gasteiger partial charge in [0.25, 0.3) is 5.56 Å². The van der Waals surface area contributed by atoms with Gasteiger partial charge in [0.1, 0.15) is 6.04 Å². The monoisotopic (exact) mass is 257 g/mol. The van der Waals surface area contributed by atoms with Crippen molar-refractivity contribution in [2.75, 3.05) is 5.75 Å². The molecular weight excluding hydrogens is 242 g/mol. The van der Waals surface area contributed by atoms with E-state index >= 15 is 0 Å². The molecule has 1 aromatic rings. The molecule has 0 fully saturated rings. The number of aromatic nitrogens is 2. The van der Waals surface area contributed by atoms with E-state index in [4.69, 9.17) is 10.8 Å². The number of aryl methyl sites for hydroxylation is 1. The van der Waals surface area contributed by atoms with Crippen molar-refractivity contribution in [1.82, 2.24) is 9.97 Å². The Balaban J connectivity index is 2.70. The van der Waals surface area contributed by atoms with E-state index in [2.05, 4.69) is 9.97 Å². The third kappa shape index (κ3) is 4.58. The SMILES string of the molecule is CCCc1cc(=O)[nH]c(SCC(N)C(=O)O)n1. The highest BCUT2D eigenvalue weighted by Crippen LogP contribution is 2.12. The molecule has 1 atom stereocenters. The number of nitrogens with two attached hydrogens (primary N) is 1. The first-order chi connectivity index (χ1) is 8.02. The molecule has 0 aliphatic carbocycles. The normalized spacial score (nSPS) is 12.4. The van der Waals surface area contributed by atoms with Gasteiger partial charge >= 0.3 is 5.97 Å². The summed E-state index contributed by atoms with van der Waals surface area (Å²) in [6.45, 7) is 2.00. The van der Waals surface area contributed by atoms with Gasteiger partial charge < -0.3 is 15.8 Å². The van der Waals surface area contributed by atoms with Gasteiger partial charge in [-0.2, -0.15) is 0 Å². The van der Waals surface area contributed by atoms with Crippen LogP contribution in [0.4, 0.5) is 0 Å². The van der Waals surface area contributed by atoms with Crippen molar-refractivity contribution in [1.29, 1.82) is 0 Å². The second kappa shape index (κ2) is 6.41. The lowest BCUT2D eigenvalue weighted by molar-refractivity contribution is -0.137. The fourth-order valence-electron chi connectivity index (χ4n) is 1.18. The molecule has 17 heavy (non-hydrogen) atoms. The van der Waals surface area contributed by atoms with Crippen molar-refractivity contribution in [2.45, 2.75) is 31.0 Å². The summed E-state index contributed by atoms with van der Waals surface area (Å²) in [5.41, 5.74) is 5.84. The summed E-state index contributed by atoms with van der Waals surface area (Å²) in [6, 6.07) is 0.491. The molecule has 1 rings (SSSR count). The van der Waals surface area contributed by atoms with Gasteiger partial charge in [-0.3, -0.25) is 9.59 Å². The first-order valence-electron chi connectivity index (χ1n) is 5.24. The molecule has 1 unspecified atom stereocenters. The van der Waals surface area contributed by atoms with Gasteiger partial charge in [-0.25, -0.2) is 4.98 Å². The van der Waals surface area contributed by atoms with E-state index in [9.17, 15) is 9.59 Å². The zero-order valence-corrected chi connectivity index (χ0v) is 10.3. The lowest BCUT2D eigenvalue weighted by atomic mass is 10.2. The average molecular weight is 257 g/mol. The summed E-state index contributed by atoms with van der Waals surface area (Å²) >= 11 is 1.14. The molecule has 0 saturated carbocycles. The zero-order chi connectivity index (χ0) is 12.8. The lowest BCUT2D eigenvalue weighted by Crippen LogP contribution is -2.32. The van der Waals surface area contributed by atoms with E-state index in [1.165, 1.54) is 6.07 Å². The number of aliphatic carboxylic acids is 1. The van der Waals surface area contributed by atoms with Gasteiger partial charge in [-0.15, -0.1) is 0 Å². The summed E-state index contributed by atoms with van der Waals surface area (Å²) in [4.78, 5) is 28.6. The van der Waals surface area contributed by atoms with Crippen LogP contribution in [0.2, 0.25) is 0 Å². The maximum Gasteiger partial charge on any atom is 0.321 e. The van der Waals surface area contributed by atoms with Crippen LogP contribution in [0.3, 0.4) is 0 Å². The van der Waals surface area contributed by atoms with E-state index in [0.717, 1.165) is 24.6 Å². The molecule has 6 nitrogen and oxygen atoms in total. The largest absolute Gasteiger partial charge is 0.480 e. The number of hydrogen-bond acceptors (Lipinski definition) is 5. The van der Waals surface area contributed by atoms with Gasteiger partial charge in [0.15, 0.2) is 5.16 Å². The van der Waals surface area contributed by atoms with Crippen molar-refractivity contribution in [3.05, 3.63) is 22.1 Å². The predicted molar refractivity (Wildman–Crippen MR) is 65.2 cm³/mol. The van der Waals surface area contributed by atoms with Crippen molar-refractivity contribution in [3.8, 4) is 0 Å². The first kappa shape index (κ1) is 13.7. The van der Waals surface area contributed by atoms with Crippen LogP contribution in [-0.4, -0.2) is 32.8 Å². The van der Waals surface area contributed by atoms with Crippen molar-refractivity contribution in [2.24, 2.45) is 5.73 Å². The van der Waals surface area contributed by atoms with Crippen LogP contribution in [0.15, 0.2) is 16.0 Å². The van der Waals surface area contributed by atoms with Gasteiger partial charge in [-0.05, 0) is 6.42 Å². The van der Waals surface area contributed by atoms with Crippen LogP contribution in [0.25, 0.3) is 0 Å². The molecule has 0 aromatic carbocycles. The Morgan fingerprint density at radius 1 is 1.71 bits per heavy atom. The number of carboxylic acids is 1. The number of nitrogens with zero attached hydrogens (tertiary/aromatic N) is 1. The van der Waals surface area contributed by atoms with Crippen LogP contribution < -0.4 is 11.3 Å². The highest BCUT2D eigenvalue weighted by molar-refractivity contribution is 7.99. The molecule has 0 aliphatic rings. The molecule has 0 amide bonds. The van der Waals surface area contributed by atoms with Gasteiger partial charge in [0.2, 0.25) is 0 Å². The Morgan fingerprint density at radius 3 is 3.00 bits per heavy atom. The van der Waals surface area contributed by atoms with E-state index in [1.54, 1.807) is 0 Å². The number of carboxylic acid groups (broad SMARTS) is 1. The Bertz CT molecular complexity index is 447. The summed E-state index contributed by atoms with van der Waals surface area (Å²) < 4.78 is 0.